The quantitative estimate of drug-likeness (QED) is 0.756. The number of anilines is 1. The summed E-state index contributed by atoms with van der Waals surface area (Å²) in [6.07, 6.45) is 4.88. The maximum atomic E-state index is 13.6. The topological polar surface area (TPSA) is 75.9 Å². The first kappa shape index (κ1) is 18.7. The highest BCUT2D eigenvalue weighted by molar-refractivity contribution is 6.01. The molecule has 3 heterocycles. The number of benzene rings is 1. The minimum Gasteiger partial charge on any atom is -0.464 e. The highest BCUT2D eigenvalue weighted by atomic mass is 16.5. The molecular weight excluding hydrogens is 358 g/mol. The zero-order valence-corrected chi connectivity index (χ0v) is 16.3. The Bertz CT molecular complexity index is 876. The van der Waals surface area contributed by atoms with Crippen LogP contribution in [0, 0.1) is 6.92 Å². The van der Waals surface area contributed by atoms with Crippen molar-refractivity contribution in [2.45, 2.75) is 44.7 Å². The lowest BCUT2D eigenvalue weighted by Crippen LogP contribution is -2.59. The molecule has 2 aliphatic heterocycles. The van der Waals surface area contributed by atoms with E-state index in [0.717, 1.165) is 44.5 Å². The van der Waals surface area contributed by atoms with E-state index in [1.807, 2.05) is 36.1 Å². The standard InChI is InChI=1S/C21H25N3O4/c1-15-5-7-16(8-6-15)24-12-4-10-21(20(24)26)9-3-11-23(21)13-18-22-17(14-28-18)19(25)27-2/h5-8,14H,3-4,9-13H2,1-2H3. The lowest BCUT2D eigenvalue weighted by atomic mass is 9.85. The molecule has 28 heavy (non-hydrogen) atoms. The summed E-state index contributed by atoms with van der Waals surface area (Å²) in [7, 11) is 1.31. The number of esters is 1. The van der Waals surface area contributed by atoms with E-state index in [1.54, 1.807) is 0 Å². The maximum Gasteiger partial charge on any atom is 0.360 e. The van der Waals surface area contributed by atoms with Crippen LogP contribution in [0.2, 0.25) is 0 Å². The minimum absolute atomic E-state index is 0.153. The first-order valence-electron chi connectivity index (χ1n) is 9.70. The van der Waals surface area contributed by atoms with E-state index >= 15 is 0 Å². The number of aromatic nitrogens is 1. The van der Waals surface area contributed by atoms with Gasteiger partial charge in [-0.25, -0.2) is 9.78 Å². The predicted molar refractivity (Wildman–Crippen MR) is 103 cm³/mol. The number of carbonyl (C=O) groups is 2. The molecule has 1 unspecified atom stereocenters. The van der Waals surface area contributed by atoms with Crippen molar-refractivity contribution in [1.82, 2.24) is 9.88 Å². The maximum absolute atomic E-state index is 13.6. The normalized spacial score (nSPS) is 22.8. The van der Waals surface area contributed by atoms with E-state index in [-0.39, 0.29) is 11.6 Å². The Balaban J connectivity index is 1.56. The molecular formula is C21H25N3O4. The number of hydrogen-bond acceptors (Lipinski definition) is 6. The fraction of sp³-hybridized carbons (Fsp3) is 0.476. The Morgan fingerprint density at radius 1 is 1.21 bits per heavy atom. The number of hydrogen-bond donors (Lipinski definition) is 0. The SMILES string of the molecule is COC(=O)c1coc(CN2CCCC23CCCN(c2ccc(C)cc2)C3=O)n1. The Morgan fingerprint density at radius 2 is 1.93 bits per heavy atom. The summed E-state index contributed by atoms with van der Waals surface area (Å²) in [4.78, 5) is 33.5. The van der Waals surface area contributed by atoms with Crippen molar-refractivity contribution in [3.05, 3.63) is 47.7 Å². The minimum atomic E-state index is -0.525. The molecule has 1 spiro atoms. The van der Waals surface area contributed by atoms with Crippen molar-refractivity contribution < 1.29 is 18.7 Å². The van der Waals surface area contributed by atoms with Crippen LogP contribution in [0.25, 0.3) is 0 Å². The highest BCUT2D eigenvalue weighted by Crippen LogP contribution is 2.40. The monoisotopic (exact) mass is 383 g/mol. The average Bonchev–Trinajstić information content (AvgIpc) is 3.33. The van der Waals surface area contributed by atoms with Gasteiger partial charge in [0, 0.05) is 12.2 Å². The van der Waals surface area contributed by atoms with Crippen LogP contribution in [0.4, 0.5) is 5.69 Å². The molecule has 1 aromatic carbocycles. The van der Waals surface area contributed by atoms with Crippen LogP contribution >= 0.6 is 0 Å². The number of oxazole rings is 1. The molecule has 7 nitrogen and oxygen atoms in total. The first-order valence-corrected chi connectivity index (χ1v) is 9.70. The number of ether oxygens (including phenoxy) is 1. The third-order valence-electron chi connectivity index (χ3n) is 5.86. The molecule has 0 N–H and O–H groups in total. The van der Waals surface area contributed by atoms with Gasteiger partial charge in [0.05, 0.1) is 13.7 Å². The van der Waals surface area contributed by atoms with E-state index in [0.29, 0.717) is 12.4 Å². The van der Waals surface area contributed by atoms with Gasteiger partial charge in [-0.05, 0) is 51.3 Å². The number of piperidine rings is 1. The summed E-state index contributed by atoms with van der Waals surface area (Å²) in [5.41, 5.74) is 1.76. The van der Waals surface area contributed by atoms with Gasteiger partial charge in [-0.15, -0.1) is 0 Å². The molecule has 148 valence electrons. The van der Waals surface area contributed by atoms with Crippen LogP contribution in [-0.4, -0.2) is 47.5 Å². The van der Waals surface area contributed by atoms with Crippen LogP contribution < -0.4 is 4.90 Å². The number of likely N-dealkylation sites (tertiary alicyclic amines) is 1. The summed E-state index contributed by atoms with van der Waals surface area (Å²) < 4.78 is 10.1. The molecule has 2 aromatic rings. The molecule has 7 heteroatoms. The van der Waals surface area contributed by atoms with Crippen molar-refractivity contribution in [3.63, 3.8) is 0 Å². The summed E-state index contributed by atoms with van der Waals surface area (Å²) in [6.45, 7) is 4.00. The Kier molecular flexibility index (Phi) is 4.93. The Morgan fingerprint density at radius 3 is 2.64 bits per heavy atom. The predicted octanol–water partition coefficient (Wildman–Crippen LogP) is 2.93. The zero-order valence-electron chi connectivity index (χ0n) is 16.3. The number of amides is 1. The van der Waals surface area contributed by atoms with Gasteiger partial charge in [0.1, 0.15) is 11.8 Å². The number of aryl methyl sites for hydroxylation is 1. The van der Waals surface area contributed by atoms with Gasteiger partial charge in [0.15, 0.2) is 5.69 Å². The fourth-order valence-electron chi connectivity index (χ4n) is 4.40. The van der Waals surface area contributed by atoms with Crippen LogP contribution in [0.15, 0.2) is 34.9 Å². The molecule has 0 bridgehead atoms. The zero-order chi connectivity index (χ0) is 19.7. The third kappa shape index (κ3) is 3.20. The second kappa shape index (κ2) is 7.39. The van der Waals surface area contributed by atoms with Crippen LogP contribution in [0.3, 0.4) is 0 Å². The van der Waals surface area contributed by atoms with Crippen LogP contribution in [-0.2, 0) is 16.1 Å². The molecule has 1 amide bonds. The second-order valence-electron chi connectivity index (χ2n) is 7.57. The Hall–Kier alpha value is -2.67. The van der Waals surface area contributed by atoms with Gasteiger partial charge < -0.3 is 14.1 Å². The Labute approximate surface area is 164 Å². The van der Waals surface area contributed by atoms with Crippen molar-refractivity contribution in [2.75, 3.05) is 25.1 Å². The molecule has 2 fully saturated rings. The van der Waals surface area contributed by atoms with E-state index in [9.17, 15) is 9.59 Å². The van der Waals surface area contributed by atoms with Crippen molar-refractivity contribution >= 4 is 17.6 Å². The number of carbonyl (C=O) groups excluding carboxylic acids is 2. The van der Waals surface area contributed by atoms with Gasteiger partial charge in [-0.3, -0.25) is 9.69 Å². The summed E-state index contributed by atoms with van der Waals surface area (Å²) in [6, 6.07) is 8.11. The van der Waals surface area contributed by atoms with E-state index in [2.05, 4.69) is 14.6 Å². The van der Waals surface area contributed by atoms with Gasteiger partial charge in [0.2, 0.25) is 11.8 Å². The lowest BCUT2D eigenvalue weighted by molar-refractivity contribution is -0.131. The first-order chi connectivity index (χ1) is 13.5. The van der Waals surface area contributed by atoms with Crippen molar-refractivity contribution in [3.8, 4) is 0 Å². The smallest absolute Gasteiger partial charge is 0.360 e. The van der Waals surface area contributed by atoms with Gasteiger partial charge in [0.25, 0.3) is 0 Å². The number of rotatable bonds is 4. The fourth-order valence-corrected chi connectivity index (χ4v) is 4.40. The molecule has 0 radical (unpaired) electrons. The number of nitrogens with zero attached hydrogens (tertiary/aromatic N) is 3. The molecule has 0 aliphatic carbocycles. The number of methoxy groups -OCH3 is 1. The summed E-state index contributed by atoms with van der Waals surface area (Å²) in [5.74, 6) is 0.0622. The van der Waals surface area contributed by atoms with E-state index in [1.165, 1.54) is 18.9 Å². The van der Waals surface area contributed by atoms with Crippen LogP contribution in [0.1, 0.15) is 47.6 Å². The van der Waals surface area contributed by atoms with Crippen molar-refractivity contribution in [1.29, 1.82) is 0 Å². The summed E-state index contributed by atoms with van der Waals surface area (Å²) >= 11 is 0. The van der Waals surface area contributed by atoms with Crippen molar-refractivity contribution in [2.24, 2.45) is 0 Å². The van der Waals surface area contributed by atoms with E-state index < -0.39 is 11.5 Å². The molecule has 4 rings (SSSR count). The highest BCUT2D eigenvalue weighted by Gasteiger charge is 2.51. The molecule has 2 aliphatic rings. The third-order valence-corrected chi connectivity index (χ3v) is 5.86. The van der Waals surface area contributed by atoms with Gasteiger partial charge in [-0.1, -0.05) is 17.7 Å². The lowest BCUT2D eigenvalue weighted by Gasteiger charge is -2.44. The largest absolute Gasteiger partial charge is 0.464 e. The molecule has 0 saturated carbocycles. The molecule has 1 aromatic heterocycles. The average molecular weight is 383 g/mol. The second-order valence-corrected chi connectivity index (χ2v) is 7.57. The van der Waals surface area contributed by atoms with Crippen LogP contribution in [0.5, 0.6) is 0 Å². The molecule has 2 saturated heterocycles. The molecule has 1 atom stereocenters. The summed E-state index contributed by atoms with van der Waals surface area (Å²) in [5, 5.41) is 0. The van der Waals surface area contributed by atoms with E-state index in [4.69, 9.17) is 4.42 Å². The van der Waals surface area contributed by atoms with Gasteiger partial charge >= 0.3 is 5.97 Å². The van der Waals surface area contributed by atoms with Gasteiger partial charge in [-0.2, -0.15) is 0 Å².